The minimum atomic E-state index is -1.37. The van der Waals surface area contributed by atoms with Gasteiger partial charge in [0.05, 0.1) is 19.8 Å². The van der Waals surface area contributed by atoms with Gasteiger partial charge in [0.15, 0.2) is 5.78 Å². The summed E-state index contributed by atoms with van der Waals surface area (Å²) in [6.45, 7) is 2.64. The average molecular weight is 495 g/mol. The normalized spacial score (nSPS) is 32.8. The largest absolute Gasteiger partial charge is 0.497 e. The predicted molar refractivity (Wildman–Crippen MR) is 143 cm³/mol. The molecular weight excluding hydrogens is 460 g/mol. The summed E-state index contributed by atoms with van der Waals surface area (Å²) in [4.78, 5) is 13.9. The fourth-order valence-corrected chi connectivity index (χ4v) is 7.05. The number of aliphatic hydroxyl groups is 1. The molecule has 190 valence electrons. The number of methoxy groups -OCH3 is 1. The van der Waals surface area contributed by atoms with Gasteiger partial charge in [-0.05, 0) is 84.9 Å². The molecule has 3 aliphatic carbocycles. The summed E-state index contributed by atoms with van der Waals surface area (Å²) in [5.74, 6) is 7.87. The second kappa shape index (κ2) is 9.31. The van der Waals surface area contributed by atoms with Crippen LogP contribution < -0.4 is 4.74 Å². The van der Waals surface area contributed by atoms with Gasteiger partial charge in [0.2, 0.25) is 0 Å². The Morgan fingerprint density at radius 2 is 1.86 bits per heavy atom. The molecule has 0 aromatic heterocycles. The van der Waals surface area contributed by atoms with Gasteiger partial charge in [0, 0.05) is 23.0 Å². The van der Waals surface area contributed by atoms with E-state index in [1.165, 1.54) is 0 Å². The predicted octanol–water partition coefficient (Wildman–Crippen LogP) is 5.96. The van der Waals surface area contributed by atoms with Crippen LogP contribution >= 0.6 is 0 Å². The number of carbonyl (C=O) groups is 1. The van der Waals surface area contributed by atoms with Gasteiger partial charge in [-0.2, -0.15) is 0 Å². The number of benzene rings is 2. The Hall–Kier alpha value is -3.13. The standard InChI is InChI=1S/C33H34O4/c1-32-21-37-29(24-11-13-26(36-2)14-12-24)20-25(32)19-28(34)30-27-10-6-9-23(27)16-18-33(35,31(30)32)17-15-22-7-4-3-5-8-22/h3-5,7-8,10-14,23,25,29,35H,6,9,16,18-21H2,1-2H3. The first kappa shape index (κ1) is 24.2. The summed E-state index contributed by atoms with van der Waals surface area (Å²) in [5, 5.41) is 12.3. The fraction of sp³-hybridized carbons (Fsp3) is 0.424. The van der Waals surface area contributed by atoms with Crippen LogP contribution in [0.1, 0.15) is 62.7 Å². The van der Waals surface area contributed by atoms with Crippen LogP contribution in [0.5, 0.6) is 5.75 Å². The molecule has 5 atom stereocenters. The molecule has 1 aliphatic heterocycles. The molecule has 1 heterocycles. The summed E-state index contributed by atoms with van der Waals surface area (Å²) in [7, 11) is 1.66. The highest BCUT2D eigenvalue weighted by molar-refractivity contribution is 6.02. The number of allylic oxidation sites excluding steroid dienone is 3. The van der Waals surface area contributed by atoms with E-state index in [-0.39, 0.29) is 17.8 Å². The molecule has 6 rings (SSSR count). The van der Waals surface area contributed by atoms with Gasteiger partial charge in [-0.25, -0.2) is 0 Å². The minimum Gasteiger partial charge on any atom is -0.497 e. The molecule has 5 unspecified atom stereocenters. The van der Waals surface area contributed by atoms with E-state index >= 15 is 0 Å². The van der Waals surface area contributed by atoms with E-state index in [0.717, 1.165) is 59.3 Å². The Kier molecular flexibility index (Phi) is 6.10. The van der Waals surface area contributed by atoms with Gasteiger partial charge in [0.25, 0.3) is 0 Å². The highest BCUT2D eigenvalue weighted by atomic mass is 16.5. The number of hydrogen-bond acceptors (Lipinski definition) is 4. The molecule has 0 spiro atoms. The first-order valence-corrected chi connectivity index (χ1v) is 13.5. The van der Waals surface area contributed by atoms with Crippen molar-refractivity contribution in [1.29, 1.82) is 0 Å². The van der Waals surface area contributed by atoms with Crippen LogP contribution in [-0.4, -0.2) is 30.2 Å². The zero-order valence-corrected chi connectivity index (χ0v) is 21.6. The van der Waals surface area contributed by atoms with Gasteiger partial charge in [-0.1, -0.05) is 55.2 Å². The Labute approximate surface area is 219 Å². The maximum atomic E-state index is 13.9. The molecule has 1 N–H and O–H groups in total. The van der Waals surface area contributed by atoms with Crippen molar-refractivity contribution >= 4 is 5.78 Å². The van der Waals surface area contributed by atoms with Crippen LogP contribution in [0, 0.1) is 29.1 Å². The Morgan fingerprint density at radius 3 is 2.62 bits per heavy atom. The monoisotopic (exact) mass is 494 g/mol. The molecule has 2 aromatic carbocycles. The lowest BCUT2D eigenvalue weighted by atomic mass is 9.56. The van der Waals surface area contributed by atoms with Gasteiger partial charge >= 0.3 is 0 Å². The van der Waals surface area contributed by atoms with Crippen molar-refractivity contribution in [3.63, 3.8) is 0 Å². The van der Waals surface area contributed by atoms with Gasteiger partial charge in [-0.3, -0.25) is 4.79 Å². The topological polar surface area (TPSA) is 55.8 Å². The maximum absolute atomic E-state index is 13.9. The van der Waals surface area contributed by atoms with Crippen molar-refractivity contribution < 1.29 is 19.4 Å². The summed E-state index contributed by atoms with van der Waals surface area (Å²) in [5.41, 5.74) is 2.84. The molecule has 1 fully saturated rings. The molecule has 0 bridgehead atoms. The number of rotatable bonds is 2. The van der Waals surface area contributed by atoms with Gasteiger partial charge in [-0.15, -0.1) is 0 Å². The summed E-state index contributed by atoms with van der Waals surface area (Å²) >= 11 is 0. The van der Waals surface area contributed by atoms with Crippen molar-refractivity contribution in [2.45, 2.75) is 57.2 Å². The first-order valence-electron chi connectivity index (χ1n) is 13.5. The highest BCUT2D eigenvalue weighted by Crippen LogP contribution is 2.59. The lowest BCUT2D eigenvalue weighted by Crippen LogP contribution is -2.51. The fourth-order valence-electron chi connectivity index (χ4n) is 7.05. The average Bonchev–Trinajstić information content (AvgIpc) is 3.34. The molecule has 37 heavy (non-hydrogen) atoms. The van der Waals surface area contributed by atoms with E-state index < -0.39 is 11.0 Å². The van der Waals surface area contributed by atoms with Crippen molar-refractivity contribution in [3.05, 3.63) is 88.5 Å². The van der Waals surface area contributed by atoms with Crippen LogP contribution in [0.25, 0.3) is 0 Å². The van der Waals surface area contributed by atoms with Crippen molar-refractivity contribution in [1.82, 2.24) is 0 Å². The maximum Gasteiger partial charge on any atom is 0.163 e. The molecular formula is C33H34O4. The highest BCUT2D eigenvalue weighted by Gasteiger charge is 2.56. The van der Waals surface area contributed by atoms with Gasteiger partial charge < -0.3 is 14.6 Å². The summed E-state index contributed by atoms with van der Waals surface area (Å²) in [6.07, 6.45) is 6.76. The third-order valence-corrected chi connectivity index (χ3v) is 9.07. The Bertz CT molecular complexity index is 1330. The number of carbonyl (C=O) groups excluding carboxylic acids is 1. The van der Waals surface area contributed by atoms with Crippen molar-refractivity contribution in [2.24, 2.45) is 17.3 Å². The molecule has 1 saturated heterocycles. The molecule has 4 aliphatic rings. The van der Waals surface area contributed by atoms with E-state index in [9.17, 15) is 9.90 Å². The Balaban J connectivity index is 1.43. The molecule has 0 radical (unpaired) electrons. The zero-order chi connectivity index (χ0) is 25.6. The second-order valence-corrected chi connectivity index (χ2v) is 11.2. The van der Waals surface area contributed by atoms with Crippen molar-refractivity contribution in [2.75, 3.05) is 13.7 Å². The SMILES string of the molecule is COc1ccc(C2CC3CC(=O)C4=C(C(O)(C#Cc5ccccc5)CCC5CCC=C45)C3(C)CO2)cc1. The zero-order valence-electron chi connectivity index (χ0n) is 21.6. The van der Waals surface area contributed by atoms with E-state index in [4.69, 9.17) is 9.47 Å². The third kappa shape index (κ3) is 4.15. The van der Waals surface area contributed by atoms with Crippen LogP contribution in [0.15, 0.2) is 77.4 Å². The molecule has 4 heteroatoms. The lowest BCUT2D eigenvalue weighted by Gasteiger charge is -2.51. The van der Waals surface area contributed by atoms with E-state index in [1.807, 2.05) is 54.6 Å². The number of hydrogen-bond donors (Lipinski definition) is 1. The Morgan fingerprint density at radius 1 is 1.08 bits per heavy atom. The number of Topliss-reactive ketones (excluding diaryl/α,β-unsaturated/α-hetero) is 1. The summed E-state index contributed by atoms with van der Waals surface area (Å²) in [6, 6.07) is 17.8. The van der Waals surface area contributed by atoms with E-state index in [2.05, 4.69) is 24.8 Å². The smallest absolute Gasteiger partial charge is 0.163 e. The van der Waals surface area contributed by atoms with Crippen LogP contribution in [-0.2, 0) is 9.53 Å². The minimum absolute atomic E-state index is 0.0724. The molecule has 2 aromatic rings. The van der Waals surface area contributed by atoms with Crippen LogP contribution in [0.4, 0.5) is 0 Å². The van der Waals surface area contributed by atoms with Crippen LogP contribution in [0.2, 0.25) is 0 Å². The number of fused-ring (bicyclic) bond motifs is 4. The van der Waals surface area contributed by atoms with E-state index in [1.54, 1.807) is 7.11 Å². The van der Waals surface area contributed by atoms with E-state index in [0.29, 0.717) is 25.4 Å². The van der Waals surface area contributed by atoms with Crippen molar-refractivity contribution in [3.8, 4) is 17.6 Å². The third-order valence-electron chi connectivity index (χ3n) is 9.07. The molecule has 0 amide bonds. The quantitative estimate of drug-likeness (QED) is 0.524. The second-order valence-electron chi connectivity index (χ2n) is 11.2. The molecule has 0 saturated carbocycles. The summed E-state index contributed by atoms with van der Waals surface area (Å²) < 4.78 is 11.9. The van der Waals surface area contributed by atoms with Gasteiger partial charge in [0.1, 0.15) is 11.4 Å². The number of ether oxygens (including phenoxy) is 2. The lowest BCUT2D eigenvalue weighted by molar-refractivity contribution is -0.128. The molecule has 4 nitrogen and oxygen atoms in total. The van der Waals surface area contributed by atoms with Crippen LogP contribution in [0.3, 0.4) is 0 Å². The first-order chi connectivity index (χ1) is 17.9. The number of ketones is 1.